The maximum atomic E-state index is 13.6. The van der Waals surface area contributed by atoms with E-state index in [1.165, 1.54) is 12.1 Å². The maximum absolute atomic E-state index is 13.6. The summed E-state index contributed by atoms with van der Waals surface area (Å²) in [6.45, 7) is 1.97. The number of sulfonamides is 1. The van der Waals surface area contributed by atoms with Crippen LogP contribution in [0.1, 0.15) is 5.56 Å². The molecule has 2 heterocycles. The minimum absolute atomic E-state index is 0.0276. The van der Waals surface area contributed by atoms with Crippen LogP contribution in [0.25, 0.3) is 33.4 Å². The van der Waals surface area contributed by atoms with Crippen molar-refractivity contribution in [2.24, 2.45) is 5.14 Å². The van der Waals surface area contributed by atoms with Crippen LogP contribution in [0.5, 0.6) is 11.5 Å². The second-order valence-electron chi connectivity index (χ2n) is 7.17. The third-order valence-electron chi connectivity index (χ3n) is 5.30. The first kappa shape index (κ1) is 19.3. The van der Waals surface area contributed by atoms with Crippen LogP contribution in [0, 0.1) is 6.92 Å². The Morgan fingerprint density at radius 2 is 1.68 bits per heavy atom. The topological polar surface area (TPSA) is 109 Å². The number of para-hydroxylation sites is 1. The highest BCUT2D eigenvalue weighted by atomic mass is 32.2. The summed E-state index contributed by atoms with van der Waals surface area (Å²) in [5.74, 6) is 1.53. The van der Waals surface area contributed by atoms with Gasteiger partial charge >= 0.3 is 0 Å². The lowest BCUT2D eigenvalue weighted by Crippen LogP contribution is -2.12. The van der Waals surface area contributed by atoms with E-state index in [2.05, 4.69) is 0 Å². The van der Waals surface area contributed by atoms with Crippen molar-refractivity contribution in [2.75, 3.05) is 6.79 Å². The molecule has 1 aromatic heterocycles. The molecule has 1 aliphatic rings. The van der Waals surface area contributed by atoms with Crippen LogP contribution in [-0.2, 0) is 10.0 Å². The Morgan fingerprint density at radius 1 is 0.935 bits per heavy atom. The monoisotopic (exact) mass is 435 g/mol. The Labute approximate surface area is 177 Å². The first-order valence-electron chi connectivity index (χ1n) is 9.43. The van der Waals surface area contributed by atoms with Gasteiger partial charge in [-0.2, -0.15) is 0 Å². The molecule has 0 unspecified atom stereocenters. The van der Waals surface area contributed by atoms with Crippen LogP contribution < -0.4 is 20.0 Å². The van der Waals surface area contributed by atoms with Crippen molar-refractivity contribution in [1.29, 1.82) is 0 Å². The predicted molar refractivity (Wildman–Crippen MR) is 116 cm³/mol. The number of benzene rings is 3. The Morgan fingerprint density at radius 3 is 2.42 bits per heavy atom. The number of hydrogen-bond donors (Lipinski definition) is 1. The molecule has 0 amide bonds. The summed E-state index contributed by atoms with van der Waals surface area (Å²) >= 11 is 0. The van der Waals surface area contributed by atoms with Gasteiger partial charge in [0.2, 0.25) is 22.2 Å². The van der Waals surface area contributed by atoms with Crippen LogP contribution in [0.15, 0.2) is 74.8 Å². The molecule has 0 atom stereocenters. The lowest BCUT2D eigenvalue weighted by Gasteiger charge is -2.14. The summed E-state index contributed by atoms with van der Waals surface area (Å²) in [7, 11) is -3.84. The third kappa shape index (κ3) is 3.17. The molecule has 0 bridgehead atoms. The summed E-state index contributed by atoms with van der Waals surface area (Å²) in [6, 6.07) is 16.4. The molecule has 0 spiro atoms. The molecule has 2 N–H and O–H groups in total. The lowest BCUT2D eigenvalue weighted by atomic mass is 9.94. The fourth-order valence-corrected chi connectivity index (χ4v) is 4.28. The maximum Gasteiger partial charge on any atom is 0.238 e. The number of fused-ring (bicyclic) bond motifs is 2. The zero-order chi connectivity index (χ0) is 21.8. The first-order valence-corrected chi connectivity index (χ1v) is 11.0. The van der Waals surface area contributed by atoms with Gasteiger partial charge in [0.05, 0.1) is 15.8 Å². The predicted octanol–water partition coefficient (Wildman–Crippen LogP) is 3.81. The minimum Gasteiger partial charge on any atom is -0.455 e. The van der Waals surface area contributed by atoms with Crippen LogP contribution in [0.4, 0.5) is 0 Å². The second-order valence-corrected chi connectivity index (χ2v) is 8.73. The molecule has 4 aromatic rings. The van der Waals surface area contributed by atoms with Gasteiger partial charge in [0.1, 0.15) is 11.3 Å². The van der Waals surface area contributed by atoms with Crippen molar-refractivity contribution in [3.8, 4) is 33.9 Å². The average Bonchev–Trinajstić information content (AvgIpc) is 3.24. The smallest absolute Gasteiger partial charge is 0.238 e. The molecule has 31 heavy (non-hydrogen) atoms. The van der Waals surface area contributed by atoms with E-state index in [9.17, 15) is 13.2 Å². The third-order valence-corrected chi connectivity index (χ3v) is 6.23. The molecule has 0 fully saturated rings. The molecule has 0 radical (unpaired) electrons. The first-order chi connectivity index (χ1) is 14.8. The Bertz CT molecular complexity index is 1500. The summed E-state index contributed by atoms with van der Waals surface area (Å²) in [5, 5.41) is 5.65. The quantitative estimate of drug-likeness (QED) is 0.524. The standard InChI is InChI=1S/C23H17NO6S/c1-13-16(10-11-19-22(13)29-12-28-19)20-21(25)17-4-2-3-5-18(17)30-23(20)14-6-8-15(9-7-14)31(24,26)27/h2-11H,12H2,1H3,(H2,24,26,27). The fraction of sp³-hybridized carbons (Fsp3) is 0.0870. The van der Waals surface area contributed by atoms with Crippen LogP contribution in [0.2, 0.25) is 0 Å². The van der Waals surface area contributed by atoms with Gasteiger partial charge in [0, 0.05) is 11.1 Å². The second kappa shape index (κ2) is 6.97. The van der Waals surface area contributed by atoms with Crippen molar-refractivity contribution in [3.63, 3.8) is 0 Å². The highest BCUT2D eigenvalue weighted by Crippen LogP contribution is 2.42. The number of ether oxygens (including phenoxy) is 2. The summed E-state index contributed by atoms with van der Waals surface area (Å²) in [4.78, 5) is 13.5. The van der Waals surface area contributed by atoms with Gasteiger partial charge in [-0.3, -0.25) is 4.79 Å². The zero-order valence-electron chi connectivity index (χ0n) is 16.4. The fourth-order valence-electron chi connectivity index (χ4n) is 3.77. The molecule has 5 rings (SSSR count). The van der Waals surface area contributed by atoms with Gasteiger partial charge in [-0.1, -0.05) is 12.1 Å². The van der Waals surface area contributed by atoms with Gasteiger partial charge in [-0.25, -0.2) is 13.6 Å². The highest BCUT2D eigenvalue weighted by molar-refractivity contribution is 7.89. The number of nitrogens with two attached hydrogens (primary N) is 1. The van der Waals surface area contributed by atoms with Crippen molar-refractivity contribution in [1.82, 2.24) is 0 Å². The molecule has 156 valence electrons. The van der Waals surface area contributed by atoms with Gasteiger partial charge in [-0.05, 0) is 61.0 Å². The number of rotatable bonds is 3. The molecule has 8 heteroatoms. The normalized spacial score (nSPS) is 13.0. The van der Waals surface area contributed by atoms with E-state index in [1.54, 1.807) is 48.5 Å². The van der Waals surface area contributed by atoms with E-state index in [0.29, 0.717) is 44.9 Å². The lowest BCUT2D eigenvalue weighted by molar-refractivity contribution is 0.173. The summed E-state index contributed by atoms with van der Waals surface area (Å²) in [6.07, 6.45) is 0. The van der Waals surface area contributed by atoms with Crippen LogP contribution >= 0.6 is 0 Å². The van der Waals surface area contributed by atoms with Gasteiger partial charge in [-0.15, -0.1) is 0 Å². The number of primary sulfonamides is 1. The molecule has 1 aliphatic heterocycles. The molecular formula is C23H17NO6S. The van der Waals surface area contributed by atoms with Crippen molar-refractivity contribution < 1.29 is 22.3 Å². The molecule has 7 nitrogen and oxygen atoms in total. The van der Waals surface area contributed by atoms with E-state index in [1.807, 2.05) is 6.92 Å². The summed E-state index contributed by atoms with van der Waals surface area (Å²) in [5.41, 5.74) is 2.53. The van der Waals surface area contributed by atoms with Crippen LogP contribution in [0.3, 0.4) is 0 Å². The Hall–Kier alpha value is -3.62. The molecule has 0 saturated carbocycles. The Balaban J connectivity index is 1.82. The zero-order valence-corrected chi connectivity index (χ0v) is 17.2. The van der Waals surface area contributed by atoms with E-state index < -0.39 is 10.0 Å². The van der Waals surface area contributed by atoms with E-state index in [-0.39, 0.29) is 17.1 Å². The minimum atomic E-state index is -3.84. The van der Waals surface area contributed by atoms with E-state index in [4.69, 9.17) is 19.0 Å². The van der Waals surface area contributed by atoms with E-state index in [0.717, 1.165) is 5.56 Å². The largest absolute Gasteiger partial charge is 0.455 e. The van der Waals surface area contributed by atoms with Crippen molar-refractivity contribution in [3.05, 3.63) is 76.5 Å². The van der Waals surface area contributed by atoms with E-state index >= 15 is 0 Å². The van der Waals surface area contributed by atoms with Gasteiger partial charge in [0.15, 0.2) is 11.5 Å². The molecular weight excluding hydrogens is 418 g/mol. The van der Waals surface area contributed by atoms with Gasteiger partial charge < -0.3 is 13.9 Å². The molecule has 0 saturated heterocycles. The molecule has 0 aliphatic carbocycles. The van der Waals surface area contributed by atoms with Crippen LogP contribution in [-0.4, -0.2) is 15.2 Å². The average molecular weight is 435 g/mol. The van der Waals surface area contributed by atoms with Crippen molar-refractivity contribution in [2.45, 2.75) is 11.8 Å². The number of hydrogen-bond acceptors (Lipinski definition) is 6. The SMILES string of the molecule is Cc1c(-c2c(-c3ccc(S(N)(=O)=O)cc3)oc3ccccc3c2=O)ccc2c1OCO2. The van der Waals surface area contributed by atoms with Crippen molar-refractivity contribution >= 4 is 21.0 Å². The van der Waals surface area contributed by atoms with Gasteiger partial charge in [0.25, 0.3) is 0 Å². The molecule has 3 aromatic carbocycles. The highest BCUT2D eigenvalue weighted by Gasteiger charge is 2.24. The Kier molecular flexibility index (Phi) is 4.35. The summed E-state index contributed by atoms with van der Waals surface area (Å²) < 4.78 is 40.4.